The Hall–Kier alpha value is -5.98. The third-order valence-electron chi connectivity index (χ3n) is 11.1. The second-order valence-corrected chi connectivity index (χ2v) is 14.1. The van der Waals surface area contributed by atoms with E-state index in [9.17, 15) is 0 Å². The van der Waals surface area contributed by atoms with Crippen molar-refractivity contribution in [1.29, 1.82) is 0 Å². The van der Waals surface area contributed by atoms with Gasteiger partial charge in [-0.15, -0.1) is 0 Å². The lowest BCUT2D eigenvalue weighted by atomic mass is 9.81. The van der Waals surface area contributed by atoms with Crippen LogP contribution in [0.2, 0.25) is 0 Å². The maximum absolute atomic E-state index is 2.41. The number of fused-ring (bicyclic) bond motifs is 9. The van der Waals surface area contributed by atoms with Gasteiger partial charge in [0.25, 0.3) is 0 Å². The molecular weight excluding hydrogens is 589 g/mol. The first-order chi connectivity index (χ1) is 24.0. The summed E-state index contributed by atoms with van der Waals surface area (Å²) in [6, 6.07) is 63.2. The molecule has 230 valence electrons. The molecule has 49 heavy (non-hydrogen) atoms. The monoisotopic (exact) mass is 622 g/mol. The predicted octanol–water partition coefficient (Wildman–Crippen LogP) is 13.6. The van der Waals surface area contributed by atoms with Gasteiger partial charge in [0.05, 0.1) is 0 Å². The van der Waals surface area contributed by atoms with Crippen LogP contribution in [0.3, 0.4) is 0 Å². The maximum atomic E-state index is 2.41. The van der Waals surface area contributed by atoms with E-state index >= 15 is 0 Å². The van der Waals surface area contributed by atoms with E-state index in [1.54, 1.807) is 0 Å². The summed E-state index contributed by atoms with van der Waals surface area (Å²) in [4.78, 5) is 0. The molecule has 0 saturated carbocycles. The van der Waals surface area contributed by atoms with E-state index in [-0.39, 0.29) is 5.41 Å². The van der Waals surface area contributed by atoms with Gasteiger partial charge in [-0.25, -0.2) is 0 Å². The third kappa shape index (κ3) is 4.31. The number of hydrogen-bond donors (Lipinski definition) is 0. The van der Waals surface area contributed by atoms with Crippen molar-refractivity contribution >= 4 is 43.1 Å². The van der Waals surface area contributed by atoms with E-state index in [1.165, 1.54) is 98.7 Å². The molecule has 0 heteroatoms. The Morgan fingerprint density at radius 1 is 0.286 bits per heavy atom. The van der Waals surface area contributed by atoms with Crippen molar-refractivity contribution in [2.75, 3.05) is 0 Å². The fraction of sp³-hybridized carbons (Fsp3) is 0.0612. The predicted molar refractivity (Wildman–Crippen MR) is 210 cm³/mol. The summed E-state index contributed by atoms with van der Waals surface area (Å²) in [5.41, 5.74) is 13.1. The Kier molecular flexibility index (Phi) is 6.02. The summed E-state index contributed by atoms with van der Waals surface area (Å²) in [6.45, 7) is 4.70. The van der Waals surface area contributed by atoms with Crippen LogP contribution in [0.5, 0.6) is 0 Å². The Labute approximate surface area is 286 Å². The van der Waals surface area contributed by atoms with Gasteiger partial charge < -0.3 is 0 Å². The molecule has 0 spiro atoms. The van der Waals surface area contributed by atoms with Gasteiger partial charge in [-0.1, -0.05) is 159 Å². The molecule has 1 aliphatic carbocycles. The molecule has 0 bridgehead atoms. The zero-order chi connectivity index (χ0) is 32.7. The van der Waals surface area contributed by atoms with Gasteiger partial charge in [-0.05, 0) is 123 Å². The highest BCUT2D eigenvalue weighted by Crippen LogP contribution is 2.49. The lowest BCUT2D eigenvalue weighted by Crippen LogP contribution is -2.14. The first-order valence-corrected chi connectivity index (χ1v) is 17.3. The zero-order valence-electron chi connectivity index (χ0n) is 27.7. The average molecular weight is 623 g/mol. The molecule has 0 nitrogen and oxygen atoms in total. The smallest absolute Gasteiger partial charge is 0.0159 e. The summed E-state index contributed by atoms with van der Waals surface area (Å²) in [7, 11) is 0. The molecule has 0 unspecified atom stereocenters. The molecule has 0 heterocycles. The van der Waals surface area contributed by atoms with Gasteiger partial charge in [0, 0.05) is 5.41 Å². The standard InChI is InChI=1S/C49H34/c1-49(2)47-14-8-7-13-43(47)44-26-24-38(29-48(44)49)37-22-21-35-27-34(19-20-36(35)28-37)31-15-17-33(18-16-31)45-30-46-39-10-4-3-9-32(39)23-25-42(46)40-11-5-6-12-41(40)45/h3-30H,1-2H3. The molecule has 0 atom stereocenters. The van der Waals surface area contributed by atoms with Crippen molar-refractivity contribution in [1.82, 2.24) is 0 Å². The SMILES string of the molecule is CC1(C)c2ccccc2-c2ccc(-c3ccc4cc(-c5ccc(-c6cc7c8ccccc8ccc7c7ccccc67)cc5)ccc4c3)cc21. The lowest BCUT2D eigenvalue weighted by molar-refractivity contribution is 0.660. The first-order valence-electron chi connectivity index (χ1n) is 17.3. The molecule has 9 aromatic carbocycles. The van der Waals surface area contributed by atoms with Crippen LogP contribution in [-0.2, 0) is 5.41 Å². The first kappa shape index (κ1) is 28.1. The second kappa shape index (κ2) is 10.5. The van der Waals surface area contributed by atoms with E-state index in [4.69, 9.17) is 0 Å². The van der Waals surface area contributed by atoms with Crippen molar-refractivity contribution < 1.29 is 0 Å². The van der Waals surface area contributed by atoms with Gasteiger partial charge >= 0.3 is 0 Å². The van der Waals surface area contributed by atoms with Crippen LogP contribution < -0.4 is 0 Å². The van der Waals surface area contributed by atoms with Crippen molar-refractivity contribution in [3.05, 3.63) is 181 Å². The number of hydrogen-bond acceptors (Lipinski definition) is 0. The fourth-order valence-electron chi connectivity index (χ4n) is 8.43. The normalized spacial score (nSPS) is 13.3. The molecular formula is C49H34. The van der Waals surface area contributed by atoms with Crippen LogP contribution in [-0.4, -0.2) is 0 Å². The molecule has 9 aromatic rings. The number of benzene rings is 9. The zero-order valence-corrected chi connectivity index (χ0v) is 27.7. The molecule has 0 aromatic heterocycles. The van der Waals surface area contributed by atoms with Gasteiger partial charge in [-0.3, -0.25) is 0 Å². The molecule has 10 rings (SSSR count). The Morgan fingerprint density at radius 3 is 1.61 bits per heavy atom. The van der Waals surface area contributed by atoms with Crippen LogP contribution in [0, 0.1) is 0 Å². The molecule has 0 amide bonds. The highest BCUT2D eigenvalue weighted by atomic mass is 14.4. The Balaban J connectivity index is 0.998. The molecule has 0 fully saturated rings. The summed E-state index contributed by atoms with van der Waals surface area (Å²) in [5, 5.41) is 10.3. The van der Waals surface area contributed by atoms with Crippen molar-refractivity contribution in [3.8, 4) is 44.5 Å². The summed E-state index contributed by atoms with van der Waals surface area (Å²) in [5.74, 6) is 0. The summed E-state index contributed by atoms with van der Waals surface area (Å²) < 4.78 is 0. The minimum Gasteiger partial charge on any atom is -0.0619 e. The molecule has 0 N–H and O–H groups in total. The summed E-state index contributed by atoms with van der Waals surface area (Å²) in [6.07, 6.45) is 0. The van der Waals surface area contributed by atoms with Crippen molar-refractivity contribution in [2.24, 2.45) is 0 Å². The van der Waals surface area contributed by atoms with E-state index in [0.29, 0.717) is 0 Å². The topological polar surface area (TPSA) is 0 Å². The minimum absolute atomic E-state index is 0.000980. The van der Waals surface area contributed by atoms with Crippen LogP contribution in [0.15, 0.2) is 170 Å². The molecule has 0 aliphatic heterocycles. The Morgan fingerprint density at radius 2 is 0.816 bits per heavy atom. The van der Waals surface area contributed by atoms with E-state index < -0.39 is 0 Å². The Bertz CT molecular complexity index is 2780. The van der Waals surface area contributed by atoms with Gasteiger partial charge in [-0.2, -0.15) is 0 Å². The van der Waals surface area contributed by atoms with E-state index in [1.807, 2.05) is 0 Å². The quantitative estimate of drug-likeness (QED) is 0.172. The van der Waals surface area contributed by atoms with Crippen LogP contribution in [0.25, 0.3) is 87.6 Å². The van der Waals surface area contributed by atoms with E-state index in [0.717, 1.165) is 0 Å². The molecule has 0 radical (unpaired) electrons. The van der Waals surface area contributed by atoms with Crippen LogP contribution in [0.4, 0.5) is 0 Å². The highest BCUT2D eigenvalue weighted by molar-refractivity contribution is 6.21. The van der Waals surface area contributed by atoms with Gasteiger partial charge in [0.2, 0.25) is 0 Å². The van der Waals surface area contributed by atoms with Crippen molar-refractivity contribution in [2.45, 2.75) is 19.3 Å². The minimum atomic E-state index is -0.000980. The largest absolute Gasteiger partial charge is 0.0619 e. The lowest BCUT2D eigenvalue weighted by Gasteiger charge is -2.22. The molecule has 0 saturated heterocycles. The van der Waals surface area contributed by atoms with E-state index in [2.05, 4.69) is 184 Å². The highest BCUT2D eigenvalue weighted by Gasteiger charge is 2.35. The van der Waals surface area contributed by atoms with Crippen molar-refractivity contribution in [3.63, 3.8) is 0 Å². The number of rotatable bonds is 3. The van der Waals surface area contributed by atoms with Crippen LogP contribution >= 0.6 is 0 Å². The molecule has 1 aliphatic rings. The van der Waals surface area contributed by atoms with Crippen LogP contribution in [0.1, 0.15) is 25.0 Å². The summed E-state index contributed by atoms with van der Waals surface area (Å²) >= 11 is 0. The van der Waals surface area contributed by atoms with Gasteiger partial charge in [0.1, 0.15) is 0 Å². The third-order valence-corrected chi connectivity index (χ3v) is 11.1. The second-order valence-electron chi connectivity index (χ2n) is 14.1. The maximum Gasteiger partial charge on any atom is 0.0159 e. The average Bonchev–Trinajstić information content (AvgIpc) is 3.39. The fourth-order valence-corrected chi connectivity index (χ4v) is 8.43. The van der Waals surface area contributed by atoms with Gasteiger partial charge in [0.15, 0.2) is 0 Å².